The van der Waals surface area contributed by atoms with Gasteiger partial charge < -0.3 is 11.5 Å². The van der Waals surface area contributed by atoms with Gasteiger partial charge in [-0.05, 0) is 77.6 Å². The fourth-order valence-corrected chi connectivity index (χ4v) is 5.81. The molecule has 0 radical (unpaired) electrons. The number of hydrogen-bond acceptors (Lipinski definition) is 4. The monoisotopic (exact) mass is 551 g/mol. The van der Waals surface area contributed by atoms with E-state index in [2.05, 4.69) is 49.9 Å². The summed E-state index contributed by atoms with van der Waals surface area (Å²) >= 11 is 0. The average molecular weight is 552 g/mol. The summed E-state index contributed by atoms with van der Waals surface area (Å²) in [6.45, 7) is 10.2. The number of ketones is 1. The molecule has 4 N–H and O–H groups in total. The van der Waals surface area contributed by atoms with E-state index >= 15 is 0 Å². The number of nitrogens with zero attached hydrogens (tertiary/aromatic N) is 1. The molecule has 3 aromatic carbocycles. The van der Waals surface area contributed by atoms with Crippen LogP contribution in [0.1, 0.15) is 77.7 Å². The summed E-state index contributed by atoms with van der Waals surface area (Å²) in [6.07, 6.45) is 6.49. The molecule has 41 heavy (non-hydrogen) atoms. The maximum atomic E-state index is 13.1. The summed E-state index contributed by atoms with van der Waals surface area (Å²) in [4.78, 5) is 40.1. The summed E-state index contributed by atoms with van der Waals surface area (Å²) in [5, 5.41) is 0. The number of benzene rings is 3. The third-order valence-corrected chi connectivity index (χ3v) is 8.25. The van der Waals surface area contributed by atoms with Crippen molar-refractivity contribution in [2.24, 2.45) is 22.8 Å². The molecule has 6 heteroatoms. The Bertz CT molecular complexity index is 1400. The first kappa shape index (κ1) is 29.9. The van der Waals surface area contributed by atoms with E-state index in [1.54, 1.807) is 12.1 Å². The molecule has 0 saturated carbocycles. The Labute approximate surface area is 243 Å². The van der Waals surface area contributed by atoms with Gasteiger partial charge in [-0.2, -0.15) is 0 Å². The van der Waals surface area contributed by atoms with Crippen molar-refractivity contribution in [3.05, 3.63) is 106 Å². The van der Waals surface area contributed by atoms with E-state index in [1.165, 1.54) is 18.4 Å². The highest BCUT2D eigenvalue weighted by atomic mass is 16.2. The molecule has 4 rings (SSSR count). The molecule has 2 amide bonds. The standard InChI is InChI=1S/C35H41N3O3/c1-35(2,3)28-18-20-38(21-19-28)23-26-14-12-24(13-15-26)16-17-27-10-7-11-29(33(36)40)31(27)30(32(39)34(37)41)22-25-8-5-4-6-9-25/h4-17,28,30H,18-23H2,1-3H3,(H2,36,40)(H2,37,41). The predicted molar refractivity (Wildman–Crippen MR) is 165 cm³/mol. The maximum Gasteiger partial charge on any atom is 0.285 e. The van der Waals surface area contributed by atoms with Crippen LogP contribution in [0, 0.1) is 11.3 Å². The largest absolute Gasteiger partial charge is 0.366 e. The van der Waals surface area contributed by atoms with Gasteiger partial charge in [-0.3, -0.25) is 19.3 Å². The minimum atomic E-state index is -1.04. The molecule has 214 valence electrons. The van der Waals surface area contributed by atoms with E-state index in [9.17, 15) is 14.4 Å². The molecule has 1 fully saturated rings. The second kappa shape index (κ2) is 13.1. The molecule has 1 atom stereocenters. The molecular weight excluding hydrogens is 510 g/mol. The second-order valence-electron chi connectivity index (χ2n) is 12.1. The highest BCUT2D eigenvalue weighted by Crippen LogP contribution is 2.35. The lowest BCUT2D eigenvalue weighted by Gasteiger charge is -2.38. The van der Waals surface area contributed by atoms with Crippen LogP contribution in [0.3, 0.4) is 0 Å². The van der Waals surface area contributed by atoms with E-state index < -0.39 is 23.5 Å². The van der Waals surface area contributed by atoms with E-state index in [0.29, 0.717) is 16.5 Å². The molecule has 0 spiro atoms. The number of primary amides is 2. The number of hydrogen-bond donors (Lipinski definition) is 2. The number of rotatable bonds is 10. The lowest BCUT2D eigenvalue weighted by molar-refractivity contribution is -0.136. The normalized spacial score (nSPS) is 15.6. The first-order chi connectivity index (χ1) is 19.5. The molecular formula is C35H41N3O3. The van der Waals surface area contributed by atoms with Gasteiger partial charge in [-0.25, -0.2) is 0 Å². The fraction of sp³-hybridized carbons (Fsp3) is 0.343. The molecule has 3 aromatic rings. The van der Waals surface area contributed by atoms with Crippen LogP contribution >= 0.6 is 0 Å². The number of carbonyl (C=O) groups is 3. The Morgan fingerprint density at radius 2 is 1.51 bits per heavy atom. The Hall–Kier alpha value is -4.03. The Kier molecular flexibility index (Phi) is 9.56. The molecule has 1 saturated heterocycles. The zero-order valence-electron chi connectivity index (χ0n) is 24.3. The van der Waals surface area contributed by atoms with Crippen LogP contribution in [0.5, 0.6) is 0 Å². The molecule has 1 heterocycles. The van der Waals surface area contributed by atoms with Gasteiger partial charge in [0.15, 0.2) is 0 Å². The fourth-order valence-electron chi connectivity index (χ4n) is 5.81. The number of amides is 2. The van der Waals surface area contributed by atoms with Crippen LogP contribution in [-0.4, -0.2) is 35.6 Å². The lowest BCUT2D eigenvalue weighted by atomic mass is 9.75. The van der Waals surface area contributed by atoms with Crippen molar-refractivity contribution in [3.63, 3.8) is 0 Å². The van der Waals surface area contributed by atoms with Gasteiger partial charge in [0.05, 0.1) is 5.92 Å². The van der Waals surface area contributed by atoms with Gasteiger partial charge in [0.2, 0.25) is 11.7 Å². The Balaban J connectivity index is 1.56. The van der Waals surface area contributed by atoms with Crippen LogP contribution in [0.25, 0.3) is 12.2 Å². The summed E-state index contributed by atoms with van der Waals surface area (Å²) in [5.74, 6) is -2.63. The Morgan fingerprint density at radius 1 is 0.854 bits per heavy atom. The first-order valence-electron chi connectivity index (χ1n) is 14.3. The van der Waals surface area contributed by atoms with E-state index in [0.717, 1.165) is 36.7 Å². The van der Waals surface area contributed by atoms with Crippen LogP contribution in [0.4, 0.5) is 0 Å². The van der Waals surface area contributed by atoms with Crippen molar-refractivity contribution in [1.29, 1.82) is 0 Å². The molecule has 1 aliphatic rings. The maximum absolute atomic E-state index is 13.1. The van der Waals surface area contributed by atoms with Gasteiger partial charge in [-0.15, -0.1) is 0 Å². The van der Waals surface area contributed by atoms with Gasteiger partial charge in [-0.1, -0.05) is 99.7 Å². The third kappa shape index (κ3) is 7.80. The molecule has 1 unspecified atom stereocenters. The SMILES string of the molecule is CC(C)(C)C1CCN(Cc2ccc(C=Cc3cccc(C(N)=O)c3C(Cc3ccccc3)C(=O)C(N)=O)cc2)CC1. The van der Waals surface area contributed by atoms with Crippen LogP contribution in [0.2, 0.25) is 0 Å². The molecule has 0 bridgehead atoms. The summed E-state index contributed by atoms with van der Waals surface area (Å²) in [5.41, 5.74) is 15.9. The van der Waals surface area contributed by atoms with E-state index in [4.69, 9.17) is 11.5 Å². The summed E-state index contributed by atoms with van der Waals surface area (Å²) < 4.78 is 0. The van der Waals surface area contributed by atoms with Crippen molar-refractivity contribution in [3.8, 4) is 0 Å². The van der Waals surface area contributed by atoms with Gasteiger partial charge in [0.1, 0.15) is 0 Å². The van der Waals surface area contributed by atoms with E-state index in [-0.39, 0.29) is 12.0 Å². The van der Waals surface area contributed by atoms with Crippen LogP contribution in [0.15, 0.2) is 72.8 Å². The zero-order chi connectivity index (χ0) is 29.6. The third-order valence-electron chi connectivity index (χ3n) is 8.25. The molecule has 6 nitrogen and oxygen atoms in total. The highest BCUT2D eigenvalue weighted by Gasteiger charge is 2.31. The van der Waals surface area contributed by atoms with E-state index in [1.807, 2.05) is 48.6 Å². The minimum absolute atomic E-state index is 0.202. The number of piperidine rings is 1. The first-order valence-corrected chi connectivity index (χ1v) is 14.3. The number of nitrogens with two attached hydrogens (primary N) is 2. The Morgan fingerprint density at radius 3 is 2.10 bits per heavy atom. The quantitative estimate of drug-likeness (QED) is 0.253. The number of likely N-dealkylation sites (tertiary alicyclic amines) is 1. The summed E-state index contributed by atoms with van der Waals surface area (Å²) in [6, 6.07) is 22.9. The minimum Gasteiger partial charge on any atom is -0.366 e. The van der Waals surface area contributed by atoms with Crippen LogP contribution < -0.4 is 11.5 Å². The smallest absolute Gasteiger partial charge is 0.285 e. The van der Waals surface area contributed by atoms with Crippen LogP contribution in [-0.2, 0) is 22.6 Å². The van der Waals surface area contributed by atoms with Crippen molar-refractivity contribution < 1.29 is 14.4 Å². The van der Waals surface area contributed by atoms with Gasteiger partial charge in [0.25, 0.3) is 5.91 Å². The number of Topliss-reactive ketones (excluding diaryl/α,β-unsaturated/α-hetero) is 1. The van der Waals surface area contributed by atoms with Crippen molar-refractivity contribution in [2.45, 2.75) is 52.5 Å². The highest BCUT2D eigenvalue weighted by molar-refractivity contribution is 6.38. The van der Waals surface area contributed by atoms with Gasteiger partial charge in [0, 0.05) is 12.1 Å². The van der Waals surface area contributed by atoms with Gasteiger partial charge >= 0.3 is 0 Å². The van der Waals surface area contributed by atoms with Crippen molar-refractivity contribution in [2.75, 3.05) is 13.1 Å². The average Bonchev–Trinajstić information content (AvgIpc) is 2.95. The lowest BCUT2D eigenvalue weighted by Crippen LogP contribution is -2.37. The predicted octanol–water partition coefficient (Wildman–Crippen LogP) is 5.59. The van der Waals surface area contributed by atoms with Crippen molar-refractivity contribution in [1.82, 2.24) is 4.90 Å². The molecule has 0 aromatic heterocycles. The zero-order valence-corrected chi connectivity index (χ0v) is 24.3. The topological polar surface area (TPSA) is 106 Å². The second-order valence-corrected chi connectivity index (χ2v) is 12.1. The number of carbonyl (C=O) groups excluding carboxylic acids is 3. The van der Waals surface area contributed by atoms with Crippen molar-refractivity contribution >= 4 is 29.7 Å². The summed E-state index contributed by atoms with van der Waals surface area (Å²) in [7, 11) is 0. The molecule has 1 aliphatic heterocycles. The molecule has 0 aliphatic carbocycles.